The quantitative estimate of drug-likeness (QED) is 0.243. The first kappa shape index (κ1) is 28.4. The van der Waals surface area contributed by atoms with Crippen molar-refractivity contribution in [1.29, 1.82) is 0 Å². The maximum atomic E-state index is 13.8. The van der Waals surface area contributed by atoms with Crippen LogP contribution in [0, 0.1) is 6.92 Å². The van der Waals surface area contributed by atoms with Crippen molar-refractivity contribution in [3.63, 3.8) is 0 Å². The molecule has 214 valence electrons. The minimum atomic E-state index is -0.756. The molecule has 3 N–H and O–H groups in total. The Hall–Kier alpha value is -4.10. The zero-order valence-electron chi connectivity index (χ0n) is 24.5. The van der Waals surface area contributed by atoms with E-state index in [1.807, 2.05) is 74.6 Å². The van der Waals surface area contributed by atoms with Crippen LogP contribution in [0.25, 0.3) is 10.9 Å². The number of hydrogen-bond acceptors (Lipinski definition) is 3. The van der Waals surface area contributed by atoms with Gasteiger partial charge < -0.3 is 25.4 Å². The lowest BCUT2D eigenvalue weighted by molar-refractivity contribution is -0.118. The lowest BCUT2D eigenvalue weighted by Crippen LogP contribution is -2.53. The van der Waals surface area contributed by atoms with E-state index in [9.17, 15) is 9.59 Å². The molecular formula is C34H41N5O2. The van der Waals surface area contributed by atoms with Crippen LogP contribution in [-0.2, 0) is 11.3 Å². The number of para-hydroxylation sites is 1. The predicted octanol–water partition coefficient (Wildman–Crippen LogP) is 6.24. The van der Waals surface area contributed by atoms with Gasteiger partial charge in [-0.2, -0.15) is 0 Å². The van der Waals surface area contributed by atoms with Gasteiger partial charge in [0.25, 0.3) is 0 Å². The normalized spacial score (nSPS) is 15.6. The van der Waals surface area contributed by atoms with E-state index >= 15 is 0 Å². The molecule has 4 aromatic rings. The molecule has 7 nitrogen and oxygen atoms in total. The zero-order chi connectivity index (χ0) is 28.9. The van der Waals surface area contributed by atoms with Gasteiger partial charge in [-0.3, -0.25) is 4.79 Å². The lowest BCUT2D eigenvalue weighted by Gasteiger charge is -2.34. The Morgan fingerprint density at radius 3 is 2.46 bits per heavy atom. The number of benzene rings is 3. The number of aromatic amines is 1. The molecule has 2 unspecified atom stereocenters. The number of likely N-dealkylation sites (tertiary alicyclic amines) is 1. The van der Waals surface area contributed by atoms with E-state index in [0.717, 1.165) is 47.1 Å². The smallest absolute Gasteiger partial charge is 0.318 e. The highest BCUT2D eigenvalue weighted by atomic mass is 16.2. The number of fused-ring (bicyclic) bond motifs is 1. The number of urea groups is 1. The first-order chi connectivity index (χ1) is 19.8. The number of carbonyl (C=O) groups excluding carboxylic acids is 2. The molecule has 1 fully saturated rings. The number of H-pyrrole nitrogens is 1. The predicted molar refractivity (Wildman–Crippen MR) is 166 cm³/mol. The number of nitrogens with zero attached hydrogens (tertiary/aromatic N) is 2. The molecule has 2 heterocycles. The van der Waals surface area contributed by atoms with Gasteiger partial charge in [-0.05, 0) is 74.7 Å². The van der Waals surface area contributed by atoms with Crippen molar-refractivity contribution in [2.75, 3.05) is 32.5 Å². The van der Waals surface area contributed by atoms with Crippen molar-refractivity contribution >= 4 is 28.5 Å². The average Bonchev–Trinajstić information content (AvgIpc) is 3.40. The van der Waals surface area contributed by atoms with Crippen molar-refractivity contribution in [1.82, 2.24) is 20.1 Å². The number of amides is 3. The highest BCUT2D eigenvalue weighted by molar-refractivity contribution is 5.98. The summed E-state index contributed by atoms with van der Waals surface area (Å²) in [5.41, 5.74) is 6.42. The average molecular weight is 552 g/mol. The third-order valence-corrected chi connectivity index (χ3v) is 8.20. The largest absolute Gasteiger partial charge is 0.361 e. The van der Waals surface area contributed by atoms with Gasteiger partial charge in [-0.25, -0.2) is 4.79 Å². The third kappa shape index (κ3) is 6.80. The Bertz CT molecular complexity index is 1480. The van der Waals surface area contributed by atoms with E-state index in [-0.39, 0.29) is 17.9 Å². The molecule has 3 amide bonds. The number of rotatable bonds is 8. The summed E-state index contributed by atoms with van der Waals surface area (Å²) in [6.07, 6.45) is 3.76. The van der Waals surface area contributed by atoms with E-state index in [1.54, 1.807) is 0 Å². The van der Waals surface area contributed by atoms with Gasteiger partial charge in [-0.1, -0.05) is 67.1 Å². The number of aryl methyl sites for hydroxylation is 1. The monoisotopic (exact) mass is 551 g/mol. The van der Waals surface area contributed by atoms with Crippen LogP contribution < -0.4 is 10.6 Å². The molecule has 0 saturated carbocycles. The Balaban J connectivity index is 1.33. The first-order valence-corrected chi connectivity index (χ1v) is 14.5. The van der Waals surface area contributed by atoms with Gasteiger partial charge >= 0.3 is 6.03 Å². The van der Waals surface area contributed by atoms with Crippen LogP contribution in [-0.4, -0.2) is 59.9 Å². The Labute approximate surface area is 242 Å². The molecule has 1 saturated heterocycles. The third-order valence-electron chi connectivity index (χ3n) is 8.20. The number of aromatic nitrogens is 1. The molecule has 41 heavy (non-hydrogen) atoms. The van der Waals surface area contributed by atoms with E-state index in [0.29, 0.717) is 19.0 Å². The van der Waals surface area contributed by atoms with Crippen molar-refractivity contribution < 1.29 is 9.59 Å². The SMILES string of the molecule is Cc1ccc(C2CCN(C(=O)NC(C(=O)Nc3cccc(CN(C)C)c3)C(C)c3c[nH]c4ccccc34)CC2)cc1. The van der Waals surface area contributed by atoms with Crippen LogP contribution in [0.1, 0.15) is 53.9 Å². The van der Waals surface area contributed by atoms with Crippen molar-refractivity contribution in [3.05, 3.63) is 101 Å². The van der Waals surface area contributed by atoms with Crippen LogP contribution in [0.5, 0.6) is 0 Å². The summed E-state index contributed by atoms with van der Waals surface area (Å²) in [5.74, 6) is -0.0452. The maximum Gasteiger partial charge on any atom is 0.318 e. The van der Waals surface area contributed by atoms with Gasteiger partial charge in [0, 0.05) is 48.3 Å². The van der Waals surface area contributed by atoms with Gasteiger partial charge in [0.05, 0.1) is 0 Å². The molecule has 0 bridgehead atoms. The number of carbonyl (C=O) groups is 2. The van der Waals surface area contributed by atoms with Gasteiger partial charge in [0.15, 0.2) is 0 Å². The molecule has 0 radical (unpaired) electrons. The zero-order valence-corrected chi connectivity index (χ0v) is 24.5. The summed E-state index contributed by atoms with van der Waals surface area (Å²) >= 11 is 0. The number of anilines is 1. The second kappa shape index (κ2) is 12.6. The van der Waals surface area contributed by atoms with Gasteiger partial charge in [-0.15, -0.1) is 0 Å². The van der Waals surface area contributed by atoms with Crippen LogP contribution in [0.2, 0.25) is 0 Å². The lowest BCUT2D eigenvalue weighted by atomic mass is 9.89. The summed E-state index contributed by atoms with van der Waals surface area (Å²) < 4.78 is 0. The summed E-state index contributed by atoms with van der Waals surface area (Å²) in [7, 11) is 4.03. The number of nitrogens with one attached hydrogen (secondary N) is 3. The van der Waals surface area contributed by atoms with Gasteiger partial charge in [0.2, 0.25) is 5.91 Å². The Morgan fingerprint density at radius 2 is 1.73 bits per heavy atom. The molecule has 5 rings (SSSR count). The standard InChI is InChI=1S/C34H41N5O2/c1-23-12-14-26(15-13-23)27-16-18-39(19-17-27)34(41)37-32(24(2)30-21-35-31-11-6-5-10-29(30)31)33(40)36-28-9-7-8-25(20-28)22-38(3)4/h5-15,20-21,24,27,32,35H,16-19,22H2,1-4H3,(H,36,40)(H,37,41). The minimum Gasteiger partial charge on any atom is -0.361 e. The summed E-state index contributed by atoms with van der Waals surface area (Å²) in [6, 6.07) is 23.7. The highest BCUT2D eigenvalue weighted by Gasteiger charge is 2.32. The molecule has 7 heteroatoms. The topological polar surface area (TPSA) is 80.5 Å². The molecule has 3 aromatic carbocycles. The maximum absolute atomic E-state index is 13.8. The van der Waals surface area contributed by atoms with E-state index in [2.05, 4.69) is 57.8 Å². The highest BCUT2D eigenvalue weighted by Crippen LogP contribution is 2.30. The molecule has 2 atom stereocenters. The second-order valence-corrected chi connectivity index (χ2v) is 11.6. The van der Waals surface area contributed by atoms with Crippen LogP contribution in [0.3, 0.4) is 0 Å². The number of hydrogen-bond donors (Lipinski definition) is 3. The van der Waals surface area contributed by atoms with Crippen molar-refractivity contribution in [3.8, 4) is 0 Å². The summed E-state index contributed by atoms with van der Waals surface area (Å²) in [5, 5.41) is 7.26. The minimum absolute atomic E-state index is 0.194. The van der Waals surface area contributed by atoms with E-state index < -0.39 is 6.04 Å². The first-order valence-electron chi connectivity index (χ1n) is 14.5. The fraction of sp³-hybridized carbons (Fsp3) is 0.353. The van der Waals surface area contributed by atoms with Crippen molar-refractivity contribution in [2.45, 2.75) is 51.1 Å². The second-order valence-electron chi connectivity index (χ2n) is 11.6. The van der Waals surface area contributed by atoms with Crippen LogP contribution >= 0.6 is 0 Å². The molecule has 1 aliphatic rings. The fourth-order valence-corrected chi connectivity index (χ4v) is 5.88. The number of piperidine rings is 1. The summed E-state index contributed by atoms with van der Waals surface area (Å²) in [4.78, 5) is 34.7. The molecule has 0 spiro atoms. The van der Waals surface area contributed by atoms with Crippen LogP contribution in [0.15, 0.2) is 79.0 Å². The summed E-state index contributed by atoms with van der Waals surface area (Å²) in [6.45, 7) is 6.20. The van der Waals surface area contributed by atoms with Crippen LogP contribution in [0.4, 0.5) is 10.5 Å². The molecule has 1 aliphatic heterocycles. The van der Waals surface area contributed by atoms with E-state index in [1.165, 1.54) is 11.1 Å². The van der Waals surface area contributed by atoms with Crippen molar-refractivity contribution in [2.24, 2.45) is 0 Å². The van der Waals surface area contributed by atoms with E-state index in [4.69, 9.17) is 0 Å². The fourth-order valence-electron chi connectivity index (χ4n) is 5.88. The molecule has 1 aromatic heterocycles. The Morgan fingerprint density at radius 1 is 1.00 bits per heavy atom. The Kier molecular flexibility index (Phi) is 8.74. The molecule has 0 aliphatic carbocycles. The van der Waals surface area contributed by atoms with Gasteiger partial charge in [0.1, 0.15) is 6.04 Å². The molecular weight excluding hydrogens is 510 g/mol.